The van der Waals surface area contributed by atoms with Crippen molar-refractivity contribution in [3.63, 3.8) is 0 Å². The zero-order valence-electron chi connectivity index (χ0n) is 16.9. The molecule has 0 amide bonds. The molecule has 1 aliphatic rings. The van der Waals surface area contributed by atoms with Crippen molar-refractivity contribution < 1.29 is 13.9 Å². The molecule has 0 saturated carbocycles. The number of aromatic nitrogens is 3. The summed E-state index contributed by atoms with van der Waals surface area (Å²) in [5.41, 5.74) is 4.57. The molecule has 0 bridgehead atoms. The van der Waals surface area contributed by atoms with Crippen LogP contribution < -0.4 is 0 Å². The number of imidazole rings is 1. The number of hydrogen-bond acceptors (Lipinski definition) is 4. The molecule has 3 heterocycles. The molecular formula is C25H22FN3O2. The monoisotopic (exact) mass is 415 g/mol. The minimum absolute atomic E-state index is 0.284. The largest absolute Gasteiger partial charge is 0.346 e. The van der Waals surface area contributed by atoms with E-state index in [1.54, 1.807) is 24.5 Å². The lowest BCUT2D eigenvalue weighted by Gasteiger charge is -2.28. The number of pyridine rings is 1. The van der Waals surface area contributed by atoms with Crippen LogP contribution >= 0.6 is 0 Å². The van der Waals surface area contributed by atoms with E-state index in [-0.39, 0.29) is 5.82 Å². The van der Waals surface area contributed by atoms with Crippen molar-refractivity contribution in [3.8, 4) is 22.5 Å². The van der Waals surface area contributed by atoms with E-state index in [2.05, 4.69) is 22.1 Å². The fourth-order valence-electron chi connectivity index (χ4n) is 3.81. The van der Waals surface area contributed by atoms with Gasteiger partial charge in [0, 0.05) is 29.4 Å². The number of aromatic amines is 1. The van der Waals surface area contributed by atoms with E-state index in [1.807, 2.05) is 30.3 Å². The van der Waals surface area contributed by atoms with Gasteiger partial charge < -0.3 is 14.5 Å². The minimum atomic E-state index is -0.568. The second kappa shape index (κ2) is 8.79. The van der Waals surface area contributed by atoms with Gasteiger partial charge in [-0.05, 0) is 48.4 Å². The molecule has 1 aliphatic heterocycles. The average Bonchev–Trinajstić information content (AvgIpc) is 3.27. The van der Waals surface area contributed by atoms with Gasteiger partial charge in [0.25, 0.3) is 0 Å². The van der Waals surface area contributed by atoms with Gasteiger partial charge in [-0.2, -0.15) is 0 Å². The van der Waals surface area contributed by atoms with E-state index in [4.69, 9.17) is 14.5 Å². The van der Waals surface area contributed by atoms with Gasteiger partial charge in [-0.25, -0.2) is 9.37 Å². The lowest BCUT2D eigenvalue weighted by Crippen LogP contribution is -2.29. The SMILES string of the molecule is Fc1ccc(-c2nc(C3OCC(Cc4ccccc4)CO3)[nH]c2-c2ccncc2)cc1. The van der Waals surface area contributed by atoms with Crippen molar-refractivity contribution >= 4 is 0 Å². The Hall–Kier alpha value is -3.35. The zero-order valence-corrected chi connectivity index (χ0v) is 16.9. The number of halogens is 1. The number of ether oxygens (including phenoxy) is 2. The van der Waals surface area contributed by atoms with Crippen LogP contribution in [0.1, 0.15) is 17.7 Å². The van der Waals surface area contributed by atoms with Crippen LogP contribution in [0.5, 0.6) is 0 Å². The summed E-state index contributed by atoms with van der Waals surface area (Å²) in [5.74, 6) is 0.613. The molecule has 2 aromatic heterocycles. The van der Waals surface area contributed by atoms with Crippen LogP contribution in [0.15, 0.2) is 79.1 Å². The molecule has 1 fully saturated rings. The Labute approximate surface area is 179 Å². The summed E-state index contributed by atoms with van der Waals surface area (Å²) in [5, 5.41) is 0. The smallest absolute Gasteiger partial charge is 0.217 e. The van der Waals surface area contributed by atoms with Crippen molar-refractivity contribution in [2.24, 2.45) is 5.92 Å². The van der Waals surface area contributed by atoms with Crippen molar-refractivity contribution in [2.75, 3.05) is 13.2 Å². The first-order valence-corrected chi connectivity index (χ1v) is 10.3. The summed E-state index contributed by atoms with van der Waals surface area (Å²) in [4.78, 5) is 12.2. The van der Waals surface area contributed by atoms with E-state index in [9.17, 15) is 4.39 Å². The molecule has 31 heavy (non-hydrogen) atoms. The molecule has 5 rings (SSSR count). The molecule has 156 valence electrons. The van der Waals surface area contributed by atoms with E-state index in [0.29, 0.717) is 25.0 Å². The second-order valence-electron chi connectivity index (χ2n) is 7.64. The van der Waals surface area contributed by atoms with Gasteiger partial charge in [-0.3, -0.25) is 4.98 Å². The summed E-state index contributed by atoms with van der Waals surface area (Å²) < 4.78 is 25.5. The van der Waals surface area contributed by atoms with Gasteiger partial charge in [-0.1, -0.05) is 30.3 Å². The van der Waals surface area contributed by atoms with Crippen LogP contribution in [0.3, 0.4) is 0 Å². The molecule has 1 N–H and O–H groups in total. The van der Waals surface area contributed by atoms with Gasteiger partial charge in [-0.15, -0.1) is 0 Å². The van der Waals surface area contributed by atoms with Gasteiger partial charge in [0.15, 0.2) is 5.82 Å². The van der Waals surface area contributed by atoms with Crippen molar-refractivity contribution in [1.82, 2.24) is 15.0 Å². The molecular weight excluding hydrogens is 393 g/mol. The van der Waals surface area contributed by atoms with Crippen molar-refractivity contribution in [1.29, 1.82) is 0 Å². The molecule has 0 aliphatic carbocycles. The molecule has 1 saturated heterocycles. The highest BCUT2D eigenvalue weighted by Gasteiger charge is 2.27. The number of hydrogen-bond donors (Lipinski definition) is 1. The average molecular weight is 415 g/mol. The summed E-state index contributed by atoms with van der Waals surface area (Å²) >= 11 is 0. The van der Waals surface area contributed by atoms with Crippen LogP contribution in [-0.4, -0.2) is 28.2 Å². The number of benzene rings is 2. The summed E-state index contributed by atoms with van der Waals surface area (Å²) in [6.45, 7) is 1.19. The summed E-state index contributed by atoms with van der Waals surface area (Å²) in [6, 6.07) is 20.5. The Kier molecular flexibility index (Phi) is 5.56. The highest BCUT2D eigenvalue weighted by Crippen LogP contribution is 2.34. The maximum atomic E-state index is 13.4. The molecule has 0 unspecified atom stereocenters. The molecule has 5 nitrogen and oxygen atoms in total. The highest BCUT2D eigenvalue weighted by molar-refractivity contribution is 5.78. The van der Waals surface area contributed by atoms with E-state index in [1.165, 1.54) is 17.7 Å². The Balaban J connectivity index is 1.38. The van der Waals surface area contributed by atoms with Crippen LogP contribution in [-0.2, 0) is 15.9 Å². The molecule has 2 aromatic carbocycles. The first kappa shape index (κ1) is 19.6. The maximum Gasteiger partial charge on any atom is 0.217 e. The molecule has 0 spiro atoms. The minimum Gasteiger partial charge on any atom is -0.346 e. The van der Waals surface area contributed by atoms with Crippen molar-refractivity contribution in [3.05, 3.63) is 96.3 Å². The molecule has 0 atom stereocenters. The normalized spacial score (nSPS) is 18.7. The number of nitrogens with zero attached hydrogens (tertiary/aromatic N) is 2. The first-order chi connectivity index (χ1) is 15.3. The third-order valence-electron chi connectivity index (χ3n) is 5.37. The van der Waals surface area contributed by atoms with Gasteiger partial charge in [0.05, 0.1) is 24.6 Å². The highest BCUT2D eigenvalue weighted by atomic mass is 19.1. The lowest BCUT2D eigenvalue weighted by atomic mass is 10.0. The Morgan fingerprint density at radius 1 is 0.871 bits per heavy atom. The lowest BCUT2D eigenvalue weighted by molar-refractivity contribution is -0.208. The number of H-pyrrole nitrogens is 1. The number of rotatable bonds is 5. The fourth-order valence-corrected chi connectivity index (χ4v) is 3.81. The topological polar surface area (TPSA) is 60.0 Å². The van der Waals surface area contributed by atoms with Crippen LogP contribution in [0.4, 0.5) is 4.39 Å². The van der Waals surface area contributed by atoms with E-state index in [0.717, 1.165) is 28.9 Å². The second-order valence-corrected chi connectivity index (χ2v) is 7.64. The van der Waals surface area contributed by atoms with Crippen LogP contribution in [0.2, 0.25) is 0 Å². The standard InChI is InChI=1S/C25H22FN3O2/c26-21-8-6-19(7-9-21)22-23(20-10-12-27-13-11-20)29-24(28-22)25-30-15-18(16-31-25)14-17-4-2-1-3-5-17/h1-13,18,25H,14-16H2,(H,28,29). The van der Waals surface area contributed by atoms with E-state index >= 15 is 0 Å². The number of nitrogens with one attached hydrogen (secondary N) is 1. The summed E-state index contributed by atoms with van der Waals surface area (Å²) in [7, 11) is 0. The van der Waals surface area contributed by atoms with Crippen LogP contribution in [0, 0.1) is 11.7 Å². The van der Waals surface area contributed by atoms with Gasteiger partial charge in [0.1, 0.15) is 5.82 Å². The first-order valence-electron chi connectivity index (χ1n) is 10.3. The predicted octanol–water partition coefficient (Wildman–Crippen LogP) is 5.18. The van der Waals surface area contributed by atoms with Gasteiger partial charge >= 0.3 is 0 Å². The third-order valence-corrected chi connectivity index (χ3v) is 5.37. The Morgan fingerprint density at radius 2 is 1.58 bits per heavy atom. The van der Waals surface area contributed by atoms with Gasteiger partial charge in [0.2, 0.25) is 6.29 Å². The molecule has 0 radical (unpaired) electrons. The maximum absolute atomic E-state index is 13.4. The Bertz CT molecular complexity index is 1120. The van der Waals surface area contributed by atoms with E-state index < -0.39 is 6.29 Å². The fraction of sp³-hybridized carbons (Fsp3) is 0.200. The van der Waals surface area contributed by atoms with Crippen molar-refractivity contribution in [2.45, 2.75) is 12.7 Å². The molecule has 6 heteroatoms. The third kappa shape index (κ3) is 4.40. The summed E-state index contributed by atoms with van der Waals surface area (Å²) in [6.07, 6.45) is 3.80. The predicted molar refractivity (Wildman–Crippen MR) is 115 cm³/mol. The quantitative estimate of drug-likeness (QED) is 0.488. The zero-order chi connectivity index (χ0) is 21.0. The molecule has 4 aromatic rings. The van der Waals surface area contributed by atoms with Crippen LogP contribution in [0.25, 0.3) is 22.5 Å². The Morgan fingerprint density at radius 3 is 2.29 bits per heavy atom.